The van der Waals surface area contributed by atoms with Crippen molar-refractivity contribution in [3.63, 3.8) is 0 Å². The third-order valence-electron chi connectivity index (χ3n) is 4.63. The molecule has 24 heavy (non-hydrogen) atoms. The molecule has 0 saturated carbocycles. The first-order valence-electron chi connectivity index (χ1n) is 9.17. The molecule has 0 aliphatic carbocycles. The van der Waals surface area contributed by atoms with Gasteiger partial charge in [-0.3, -0.25) is 4.79 Å². The van der Waals surface area contributed by atoms with Crippen LogP contribution in [0.4, 0.5) is 5.95 Å². The standard InChI is InChI=1S/C18H31N5O/c1-4-23(12-11-22-9-7-5-6-8-10-22)17(24)16-13-15(14(2)3)20-18(19)21-16/h13-14H,4-12H2,1-3H3,(H2,19,20,21). The summed E-state index contributed by atoms with van der Waals surface area (Å²) in [6.07, 6.45) is 5.18. The summed E-state index contributed by atoms with van der Waals surface area (Å²) < 4.78 is 0. The summed E-state index contributed by atoms with van der Waals surface area (Å²) in [5.41, 5.74) is 7.00. The van der Waals surface area contributed by atoms with Gasteiger partial charge in [0, 0.05) is 25.3 Å². The van der Waals surface area contributed by atoms with E-state index in [0.717, 1.165) is 31.9 Å². The van der Waals surface area contributed by atoms with E-state index >= 15 is 0 Å². The summed E-state index contributed by atoms with van der Waals surface area (Å²) >= 11 is 0. The van der Waals surface area contributed by atoms with Gasteiger partial charge in [-0.1, -0.05) is 26.7 Å². The van der Waals surface area contributed by atoms with Crippen molar-refractivity contribution in [2.45, 2.75) is 52.4 Å². The third-order valence-corrected chi connectivity index (χ3v) is 4.63. The van der Waals surface area contributed by atoms with Crippen LogP contribution in [0.15, 0.2) is 6.07 Å². The molecule has 0 radical (unpaired) electrons. The largest absolute Gasteiger partial charge is 0.368 e. The number of rotatable bonds is 6. The highest BCUT2D eigenvalue weighted by Crippen LogP contribution is 2.15. The number of nitrogens with two attached hydrogens (primary N) is 1. The molecule has 0 spiro atoms. The Morgan fingerprint density at radius 3 is 2.50 bits per heavy atom. The van der Waals surface area contributed by atoms with E-state index in [9.17, 15) is 4.79 Å². The van der Waals surface area contributed by atoms with Gasteiger partial charge in [-0.15, -0.1) is 0 Å². The Kier molecular flexibility index (Phi) is 6.97. The Morgan fingerprint density at radius 2 is 1.92 bits per heavy atom. The number of carbonyl (C=O) groups is 1. The molecular formula is C18H31N5O. The maximum Gasteiger partial charge on any atom is 0.272 e. The van der Waals surface area contributed by atoms with Crippen LogP contribution < -0.4 is 5.73 Å². The zero-order valence-corrected chi connectivity index (χ0v) is 15.3. The number of hydrogen-bond donors (Lipinski definition) is 1. The number of hydrogen-bond acceptors (Lipinski definition) is 5. The Morgan fingerprint density at radius 1 is 1.25 bits per heavy atom. The average Bonchev–Trinajstić information content (AvgIpc) is 2.83. The van der Waals surface area contributed by atoms with Crippen molar-refractivity contribution in [1.29, 1.82) is 0 Å². The normalized spacial score (nSPS) is 16.2. The van der Waals surface area contributed by atoms with Gasteiger partial charge < -0.3 is 15.5 Å². The van der Waals surface area contributed by atoms with Gasteiger partial charge in [-0.05, 0) is 44.8 Å². The number of anilines is 1. The highest BCUT2D eigenvalue weighted by Gasteiger charge is 2.19. The monoisotopic (exact) mass is 333 g/mol. The van der Waals surface area contributed by atoms with Crippen LogP contribution in [0, 0.1) is 0 Å². The fourth-order valence-electron chi connectivity index (χ4n) is 3.08. The minimum Gasteiger partial charge on any atom is -0.368 e. The van der Waals surface area contributed by atoms with E-state index in [4.69, 9.17) is 5.73 Å². The van der Waals surface area contributed by atoms with Crippen molar-refractivity contribution in [3.8, 4) is 0 Å². The number of aromatic nitrogens is 2. The topological polar surface area (TPSA) is 75.3 Å². The second kappa shape index (κ2) is 8.97. The number of carbonyl (C=O) groups excluding carboxylic acids is 1. The van der Waals surface area contributed by atoms with Gasteiger partial charge in [-0.2, -0.15) is 0 Å². The van der Waals surface area contributed by atoms with Crippen LogP contribution in [0.25, 0.3) is 0 Å². The molecule has 1 amide bonds. The quantitative estimate of drug-likeness (QED) is 0.866. The molecule has 0 unspecified atom stereocenters. The molecule has 1 aliphatic rings. The summed E-state index contributed by atoms with van der Waals surface area (Å²) in [5, 5.41) is 0. The van der Waals surface area contributed by atoms with Crippen molar-refractivity contribution in [3.05, 3.63) is 17.5 Å². The van der Waals surface area contributed by atoms with Crippen LogP contribution >= 0.6 is 0 Å². The van der Waals surface area contributed by atoms with Crippen LogP contribution in [0.2, 0.25) is 0 Å². The number of likely N-dealkylation sites (tertiary alicyclic amines) is 1. The Balaban J connectivity index is 2.02. The van der Waals surface area contributed by atoms with Crippen LogP contribution in [-0.2, 0) is 0 Å². The lowest BCUT2D eigenvalue weighted by Crippen LogP contribution is -2.39. The van der Waals surface area contributed by atoms with Crippen molar-refractivity contribution in [1.82, 2.24) is 19.8 Å². The number of amides is 1. The van der Waals surface area contributed by atoms with E-state index in [0.29, 0.717) is 12.2 Å². The molecular weight excluding hydrogens is 302 g/mol. The smallest absolute Gasteiger partial charge is 0.272 e. The summed E-state index contributed by atoms with van der Waals surface area (Å²) in [7, 11) is 0. The van der Waals surface area contributed by atoms with Crippen molar-refractivity contribution in [2.75, 3.05) is 38.5 Å². The minimum atomic E-state index is -0.0525. The highest BCUT2D eigenvalue weighted by molar-refractivity contribution is 5.92. The molecule has 0 aromatic carbocycles. The van der Waals surface area contributed by atoms with Gasteiger partial charge in [0.05, 0.1) is 0 Å². The molecule has 1 aliphatic heterocycles. The second-order valence-electron chi connectivity index (χ2n) is 6.83. The predicted molar refractivity (Wildman–Crippen MR) is 97.0 cm³/mol. The Hall–Kier alpha value is -1.69. The fourth-order valence-corrected chi connectivity index (χ4v) is 3.08. The lowest BCUT2D eigenvalue weighted by molar-refractivity contribution is 0.0739. The van der Waals surface area contributed by atoms with Gasteiger partial charge in [0.15, 0.2) is 0 Å². The van der Waals surface area contributed by atoms with Crippen LogP contribution in [0.1, 0.15) is 68.6 Å². The molecule has 1 aromatic heterocycles. The number of nitrogens with zero attached hydrogens (tertiary/aromatic N) is 4. The Labute approximate surface area is 145 Å². The molecule has 0 atom stereocenters. The first-order valence-corrected chi connectivity index (χ1v) is 9.17. The summed E-state index contributed by atoms with van der Waals surface area (Å²) in [6.45, 7) is 10.7. The molecule has 1 fully saturated rings. The average molecular weight is 333 g/mol. The van der Waals surface area contributed by atoms with Crippen molar-refractivity contribution in [2.24, 2.45) is 0 Å². The first kappa shape index (κ1) is 18.6. The maximum atomic E-state index is 12.8. The van der Waals surface area contributed by atoms with Gasteiger partial charge in [0.25, 0.3) is 5.91 Å². The van der Waals surface area contributed by atoms with E-state index < -0.39 is 0 Å². The van der Waals surface area contributed by atoms with E-state index in [1.165, 1.54) is 25.7 Å². The summed E-state index contributed by atoms with van der Waals surface area (Å²) in [4.78, 5) is 25.5. The molecule has 0 bridgehead atoms. The Bertz CT molecular complexity index is 538. The third kappa shape index (κ3) is 5.16. The molecule has 1 aromatic rings. The molecule has 6 nitrogen and oxygen atoms in total. The van der Waals surface area contributed by atoms with Crippen LogP contribution in [0.5, 0.6) is 0 Å². The zero-order chi connectivity index (χ0) is 17.5. The predicted octanol–water partition coefficient (Wildman–Crippen LogP) is 2.52. The van der Waals surface area contributed by atoms with Gasteiger partial charge >= 0.3 is 0 Å². The molecule has 2 N–H and O–H groups in total. The molecule has 2 heterocycles. The van der Waals surface area contributed by atoms with E-state index in [2.05, 4.69) is 14.9 Å². The van der Waals surface area contributed by atoms with Crippen LogP contribution in [0.3, 0.4) is 0 Å². The van der Waals surface area contributed by atoms with Crippen molar-refractivity contribution >= 4 is 11.9 Å². The SMILES string of the molecule is CCN(CCN1CCCCCC1)C(=O)c1cc(C(C)C)nc(N)n1. The second-order valence-corrected chi connectivity index (χ2v) is 6.83. The fraction of sp³-hybridized carbons (Fsp3) is 0.722. The highest BCUT2D eigenvalue weighted by atomic mass is 16.2. The molecule has 6 heteroatoms. The lowest BCUT2D eigenvalue weighted by atomic mass is 10.1. The van der Waals surface area contributed by atoms with Gasteiger partial charge in [0.1, 0.15) is 5.69 Å². The molecule has 134 valence electrons. The zero-order valence-electron chi connectivity index (χ0n) is 15.3. The first-order chi connectivity index (χ1) is 11.5. The van der Waals surface area contributed by atoms with Gasteiger partial charge in [-0.25, -0.2) is 9.97 Å². The summed E-state index contributed by atoms with van der Waals surface area (Å²) in [5.74, 6) is 0.338. The van der Waals surface area contributed by atoms with Crippen LogP contribution in [-0.4, -0.2) is 58.4 Å². The molecule has 1 saturated heterocycles. The van der Waals surface area contributed by atoms with E-state index in [1.54, 1.807) is 6.07 Å². The van der Waals surface area contributed by atoms with E-state index in [1.807, 2.05) is 25.7 Å². The van der Waals surface area contributed by atoms with Crippen molar-refractivity contribution < 1.29 is 4.79 Å². The van der Waals surface area contributed by atoms with E-state index in [-0.39, 0.29) is 17.8 Å². The number of nitrogen functional groups attached to an aromatic ring is 1. The maximum absolute atomic E-state index is 12.8. The minimum absolute atomic E-state index is 0.0525. The summed E-state index contributed by atoms with van der Waals surface area (Å²) in [6, 6.07) is 1.78. The van der Waals surface area contributed by atoms with Gasteiger partial charge in [0.2, 0.25) is 5.95 Å². The number of likely N-dealkylation sites (N-methyl/N-ethyl adjacent to an activating group) is 1. The molecule has 2 rings (SSSR count). The lowest BCUT2D eigenvalue weighted by Gasteiger charge is -2.26.